The monoisotopic (exact) mass is 451 g/mol. The summed E-state index contributed by atoms with van der Waals surface area (Å²) in [6.45, 7) is 6.16. The molecule has 0 aromatic heterocycles. The second-order valence-corrected chi connectivity index (χ2v) is 10.5. The van der Waals surface area contributed by atoms with Gasteiger partial charge >= 0.3 is 0 Å². The van der Waals surface area contributed by atoms with Crippen LogP contribution in [0, 0.1) is 11.8 Å². The van der Waals surface area contributed by atoms with Crippen LogP contribution in [0.2, 0.25) is 5.02 Å². The summed E-state index contributed by atoms with van der Waals surface area (Å²) >= 11 is 6.07. The van der Waals surface area contributed by atoms with E-state index in [-0.39, 0.29) is 12.4 Å². The number of halogens is 1. The summed E-state index contributed by atoms with van der Waals surface area (Å²) in [5.41, 5.74) is 1.26. The number of ether oxygens (including phenoxy) is 2. The number of hydrogen-bond donors (Lipinski definition) is 0. The summed E-state index contributed by atoms with van der Waals surface area (Å²) in [5, 5.41) is 0.783. The van der Waals surface area contributed by atoms with Crippen molar-refractivity contribution in [3.63, 3.8) is 0 Å². The van der Waals surface area contributed by atoms with Gasteiger partial charge in [-0.3, -0.25) is 0 Å². The minimum absolute atomic E-state index is 0.0195. The largest absolute Gasteiger partial charge is 0.493 e. The first-order valence-electron chi connectivity index (χ1n) is 10.3. The van der Waals surface area contributed by atoms with Gasteiger partial charge in [-0.25, -0.2) is 8.42 Å². The Morgan fingerprint density at radius 3 is 2.60 bits per heavy atom. The van der Waals surface area contributed by atoms with Gasteiger partial charge in [-0.1, -0.05) is 30.7 Å². The topological polar surface area (TPSA) is 55.8 Å². The third-order valence-corrected chi connectivity index (χ3v) is 7.58. The van der Waals surface area contributed by atoms with E-state index in [1.807, 2.05) is 18.2 Å². The van der Waals surface area contributed by atoms with E-state index in [2.05, 4.69) is 17.9 Å². The standard InChI is InChI=1S/C23H30ClNO4S/c1-18-15-25(11-10-19-4-3-5-21(24)14-19)16-20(18)17-29-22-6-8-23(9-7-22)30(26,27)13-12-28-2/h3-9,14,18,20H,10-13,15-17H2,1-2H3/t18-,20+/m0/s1. The quantitative estimate of drug-likeness (QED) is 0.547. The van der Waals surface area contributed by atoms with Crippen molar-refractivity contribution in [2.75, 3.05) is 45.7 Å². The van der Waals surface area contributed by atoms with E-state index in [4.69, 9.17) is 21.1 Å². The Labute approximate surface area is 184 Å². The van der Waals surface area contributed by atoms with Crippen LogP contribution >= 0.6 is 11.6 Å². The lowest BCUT2D eigenvalue weighted by molar-refractivity contribution is 0.217. The lowest BCUT2D eigenvalue weighted by Crippen LogP contribution is -2.24. The zero-order chi connectivity index (χ0) is 21.6. The van der Waals surface area contributed by atoms with E-state index in [0.717, 1.165) is 31.1 Å². The highest BCUT2D eigenvalue weighted by atomic mass is 35.5. The van der Waals surface area contributed by atoms with E-state index < -0.39 is 9.84 Å². The number of rotatable bonds is 10. The SMILES string of the molecule is COCCS(=O)(=O)c1ccc(OC[C@H]2CN(CCc3cccc(Cl)c3)C[C@@H]2C)cc1. The third-order valence-electron chi connectivity index (χ3n) is 5.65. The molecule has 0 aliphatic carbocycles. The fraction of sp³-hybridized carbons (Fsp3) is 0.478. The number of sulfone groups is 1. The molecule has 0 radical (unpaired) electrons. The van der Waals surface area contributed by atoms with Crippen LogP contribution in [-0.2, 0) is 21.0 Å². The van der Waals surface area contributed by atoms with Crippen LogP contribution < -0.4 is 4.74 Å². The molecule has 2 aromatic carbocycles. The molecule has 1 aliphatic heterocycles. The normalized spacial score (nSPS) is 19.8. The minimum Gasteiger partial charge on any atom is -0.493 e. The molecule has 1 saturated heterocycles. The van der Waals surface area contributed by atoms with Gasteiger partial charge in [-0.05, 0) is 54.3 Å². The third kappa shape index (κ3) is 6.45. The van der Waals surface area contributed by atoms with Gasteiger partial charge in [0.15, 0.2) is 9.84 Å². The Morgan fingerprint density at radius 2 is 1.90 bits per heavy atom. The van der Waals surface area contributed by atoms with Crippen LogP contribution in [0.5, 0.6) is 5.75 Å². The minimum atomic E-state index is -3.31. The van der Waals surface area contributed by atoms with Crippen LogP contribution in [0.25, 0.3) is 0 Å². The molecule has 1 heterocycles. The van der Waals surface area contributed by atoms with E-state index in [1.54, 1.807) is 24.3 Å². The highest BCUT2D eigenvalue weighted by Gasteiger charge is 2.29. The summed E-state index contributed by atoms with van der Waals surface area (Å²) in [6, 6.07) is 14.7. The molecule has 2 aromatic rings. The van der Waals surface area contributed by atoms with Crippen LogP contribution in [-0.4, -0.2) is 59.0 Å². The predicted molar refractivity (Wildman–Crippen MR) is 120 cm³/mol. The summed E-state index contributed by atoms with van der Waals surface area (Å²) in [4.78, 5) is 2.78. The molecule has 0 unspecified atom stereocenters. The Kier molecular flexibility index (Phi) is 8.17. The van der Waals surface area contributed by atoms with Gasteiger partial charge in [0, 0.05) is 37.7 Å². The molecular formula is C23H30ClNO4S. The molecule has 0 spiro atoms. The van der Waals surface area contributed by atoms with Crippen molar-refractivity contribution >= 4 is 21.4 Å². The number of likely N-dealkylation sites (tertiary alicyclic amines) is 1. The maximum Gasteiger partial charge on any atom is 0.180 e. The lowest BCUT2D eigenvalue weighted by atomic mass is 9.99. The van der Waals surface area contributed by atoms with Gasteiger partial charge in [-0.2, -0.15) is 0 Å². The van der Waals surface area contributed by atoms with Gasteiger partial charge < -0.3 is 14.4 Å². The van der Waals surface area contributed by atoms with Gasteiger partial charge in [-0.15, -0.1) is 0 Å². The Bertz CT molecular complexity index is 917. The van der Waals surface area contributed by atoms with Crippen molar-refractivity contribution < 1.29 is 17.9 Å². The summed E-state index contributed by atoms with van der Waals surface area (Å²) in [5.74, 6) is 1.69. The van der Waals surface area contributed by atoms with Crippen molar-refractivity contribution in [3.05, 3.63) is 59.1 Å². The van der Waals surface area contributed by atoms with Crippen LogP contribution in [0.15, 0.2) is 53.4 Å². The fourth-order valence-corrected chi connectivity index (χ4v) is 5.16. The molecule has 1 fully saturated rings. The molecular weight excluding hydrogens is 422 g/mol. The molecule has 7 heteroatoms. The number of methoxy groups -OCH3 is 1. The average Bonchev–Trinajstić information content (AvgIpc) is 3.09. The van der Waals surface area contributed by atoms with Crippen molar-refractivity contribution in [3.8, 4) is 5.75 Å². The number of hydrogen-bond acceptors (Lipinski definition) is 5. The van der Waals surface area contributed by atoms with Crippen molar-refractivity contribution in [1.82, 2.24) is 4.90 Å². The zero-order valence-electron chi connectivity index (χ0n) is 17.6. The molecule has 3 rings (SSSR count). The first-order chi connectivity index (χ1) is 14.4. The van der Waals surface area contributed by atoms with Crippen molar-refractivity contribution in [2.45, 2.75) is 18.2 Å². The molecule has 0 N–H and O–H groups in total. The van der Waals surface area contributed by atoms with Gasteiger partial charge in [0.2, 0.25) is 0 Å². The van der Waals surface area contributed by atoms with Crippen molar-refractivity contribution in [1.29, 1.82) is 0 Å². The molecule has 30 heavy (non-hydrogen) atoms. The molecule has 164 valence electrons. The maximum absolute atomic E-state index is 12.2. The second-order valence-electron chi connectivity index (χ2n) is 7.97. The van der Waals surface area contributed by atoms with Gasteiger partial charge in [0.25, 0.3) is 0 Å². The number of nitrogens with zero attached hydrogens (tertiary/aromatic N) is 1. The van der Waals surface area contributed by atoms with Gasteiger partial charge in [0.05, 0.1) is 23.9 Å². The van der Waals surface area contributed by atoms with E-state index in [9.17, 15) is 8.42 Å². The van der Waals surface area contributed by atoms with Gasteiger partial charge in [0.1, 0.15) is 5.75 Å². The van der Waals surface area contributed by atoms with E-state index in [0.29, 0.717) is 29.1 Å². The van der Waals surface area contributed by atoms with Crippen LogP contribution in [0.3, 0.4) is 0 Å². The molecule has 0 amide bonds. The first kappa shape index (κ1) is 23.1. The molecule has 5 nitrogen and oxygen atoms in total. The Balaban J connectivity index is 1.47. The summed E-state index contributed by atoms with van der Waals surface area (Å²) in [7, 11) is -1.82. The lowest BCUT2D eigenvalue weighted by Gasteiger charge is -2.17. The van der Waals surface area contributed by atoms with E-state index in [1.165, 1.54) is 12.7 Å². The smallest absolute Gasteiger partial charge is 0.180 e. The Hall–Kier alpha value is -1.60. The molecule has 0 saturated carbocycles. The van der Waals surface area contributed by atoms with E-state index >= 15 is 0 Å². The highest BCUT2D eigenvalue weighted by Crippen LogP contribution is 2.25. The second kappa shape index (κ2) is 10.6. The average molecular weight is 452 g/mol. The molecule has 0 bridgehead atoms. The number of benzene rings is 2. The van der Waals surface area contributed by atoms with Crippen molar-refractivity contribution in [2.24, 2.45) is 11.8 Å². The first-order valence-corrected chi connectivity index (χ1v) is 12.3. The predicted octanol–water partition coefficient (Wildman–Crippen LogP) is 3.95. The van der Waals surface area contributed by atoms with Crippen LogP contribution in [0.4, 0.5) is 0 Å². The fourth-order valence-electron chi connectivity index (χ4n) is 3.78. The summed E-state index contributed by atoms with van der Waals surface area (Å²) in [6.07, 6.45) is 0.986. The molecule has 2 atom stereocenters. The van der Waals surface area contributed by atoms with Crippen LogP contribution in [0.1, 0.15) is 12.5 Å². The summed E-state index contributed by atoms with van der Waals surface area (Å²) < 4.78 is 35.2. The maximum atomic E-state index is 12.2. The molecule has 1 aliphatic rings. The zero-order valence-corrected chi connectivity index (χ0v) is 19.2. The Morgan fingerprint density at radius 1 is 1.13 bits per heavy atom. The highest BCUT2D eigenvalue weighted by molar-refractivity contribution is 7.91.